The van der Waals surface area contributed by atoms with Gasteiger partial charge in [0.2, 0.25) is 5.91 Å². The largest absolute Gasteiger partial charge is 0.497 e. The van der Waals surface area contributed by atoms with Gasteiger partial charge in [-0.15, -0.1) is 0 Å². The molecule has 3 aromatic rings. The molecule has 0 radical (unpaired) electrons. The number of anilines is 2. The van der Waals surface area contributed by atoms with E-state index in [-0.39, 0.29) is 24.8 Å². The molecule has 1 aliphatic rings. The third-order valence-electron chi connectivity index (χ3n) is 5.70. The maximum absolute atomic E-state index is 12.8. The molecule has 0 aliphatic carbocycles. The van der Waals surface area contributed by atoms with Crippen LogP contribution in [0.1, 0.15) is 43.5 Å². The Morgan fingerprint density at radius 2 is 1.94 bits per heavy atom. The molecule has 0 spiro atoms. The smallest absolute Gasteiger partial charge is 0.251 e. The fourth-order valence-corrected chi connectivity index (χ4v) is 3.98. The van der Waals surface area contributed by atoms with Crippen LogP contribution in [0.3, 0.4) is 0 Å². The van der Waals surface area contributed by atoms with Gasteiger partial charge in [-0.1, -0.05) is 38.1 Å². The Bertz CT molecular complexity index is 1170. The number of nitrogens with one attached hydrogen (secondary N) is 2. The second-order valence-corrected chi connectivity index (χ2v) is 8.31. The first-order valence-electron chi connectivity index (χ1n) is 10.9. The lowest BCUT2D eigenvalue weighted by Crippen LogP contribution is -2.24. The fraction of sp³-hybridized carbons (Fsp3) is 0.320. The Morgan fingerprint density at radius 1 is 1.18 bits per heavy atom. The van der Waals surface area contributed by atoms with Crippen molar-refractivity contribution in [1.29, 1.82) is 0 Å². The first-order valence-corrected chi connectivity index (χ1v) is 10.9. The zero-order valence-electron chi connectivity index (χ0n) is 19.2. The Labute approximate surface area is 192 Å². The molecule has 2 heterocycles. The molecule has 8 heteroatoms. The van der Waals surface area contributed by atoms with Crippen molar-refractivity contribution >= 4 is 23.3 Å². The first-order chi connectivity index (χ1) is 15.9. The Kier molecular flexibility index (Phi) is 6.46. The Balaban J connectivity index is 1.58. The normalized spacial score (nSPS) is 14.8. The number of aromatic nitrogens is 2. The average molecular weight is 449 g/mol. The highest BCUT2D eigenvalue weighted by Gasteiger charge is 2.37. The second-order valence-electron chi connectivity index (χ2n) is 8.31. The summed E-state index contributed by atoms with van der Waals surface area (Å²) in [6.45, 7) is 4.50. The summed E-state index contributed by atoms with van der Waals surface area (Å²) in [4.78, 5) is 25.5. The summed E-state index contributed by atoms with van der Waals surface area (Å²) in [5.74, 6) is 1.14. The molecule has 2 N–H and O–H groups in total. The lowest BCUT2D eigenvalue weighted by molar-refractivity contribution is -0.123. The molecule has 2 amide bonds. The van der Waals surface area contributed by atoms with Crippen molar-refractivity contribution in [3.05, 3.63) is 59.8 Å². The Morgan fingerprint density at radius 3 is 2.61 bits per heavy atom. The van der Waals surface area contributed by atoms with Crippen LogP contribution in [0.15, 0.2) is 48.5 Å². The highest BCUT2D eigenvalue weighted by molar-refractivity contribution is 6.04. The second kappa shape index (κ2) is 9.46. The van der Waals surface area contributed by atoms with Crippen molar-refractivity contribution in [2.75, 3.05) is 24.9 Å². The summed E-state index contributed by atoms with van der Waals surface area (Å²) >= 11 is 0. The van der Waals surface area contributed by atoms with Gasteiger partial charge in [0, 0.05) is 12.8 Å². The number of methoxy groups -OCH3 is 2. The molecule has 1 unspecified atom stereocenters. The summed E-state index contributed by atoms with van der Waals surface area (Å²) in [7, 11) is 3.19. The van der Waals surface area contributed by atoms with Crippen LogP contribution in [0, 0.1) is 0 Å². The quantitative estimate of drug-likeness (QED) is 0.534. The minimum atomic E-state index is -0.745. The molecule has 0 saturated carbocycles. The topological polar surface area (TPSA) is 94.5 Å². The van der Waals surface area contributed by atoms with Crippen molar-refractivity contribution in [3.63, 3.8) is 0 Å². The van der Waals surface area contributed by atoms with Crippen molar-refractivity contribution in [1.82, 2.24) is 9.78 Å². The van der Waals surface area contributed by atoms with E-state index in [9.17, 15) is 9.59 Å². The van der Waals surface area contributed by atoms with Gasteiger partial charge in [0.1, 0.15) is 17.6 Å². The molecule has 0 fully saturated rings. The van der Waals surface area contributed by atoms with Gasteiger partial charge in [0.15, 0.2) is 0 Å². The van der Waals surface area contributed by atoms with E-state index in [0.29, 0.717) is 28.9 Å². The molecule has 1 atom stereocenters. The molecule has 0 saturated heterocycles. The number of fused-ring (bicyclic) bond motifs is 1. The van der Waals surface area contributed by atoms with Gasteiger partial charge < -0.3 is 20.1 Å². The van der Waals surface area contributed by atoms with Crippen LogP contribution >= 0.6 is 0 Å². The number of nitrogens with zero attached hydrogens (tertiary/aromatic N) is 2. The number of benzene rings is 2. The van der Waals surface area contributed by atoms with Crippen molar-refractivity contribution in [2.24, 2.45) is 0 Å². The molecule has 8 nitrogen and oxygen atoms in total. The average Bonchev–Trinajstić information content (AvgIpc) is 3.29. The van der Waals surface area contributed by atoms with Crippen molar-refractivity contribution in [2.45, 2.75) is 38.8 Å². The number of rotatable bonds is 8. The molecular weight excluding hydrogens is 420 g/mol. The molecule has 2 aromatic carbocycles. The van der Waals surface area contributed by atoms with E-state index in [4.69, 9.17) is 9.47 Å². The highest BCUT2D eigenvalue weighted by Crippen LogP contribution is 2.39. The Hall–Kier alpha value is -3.65. The van der Waals surface area contributed by atoms with Crippen LogP contribution in [0.4, 0.5) is 11.5 Å². The molecule has 1 aromatic heterocycles. The summed E-state index contributed by atoms with van der Waals surface area (Å²) in [5, 5.41) is 10.4. The maximum atomic E-state index is 12.8. The van der Waals surface area contributed by atoms with E-state index >= 15 is 0 Å². The molecule has 4 rings (SSSR count). The van der Waals surface area contributed by atoms with Gasteiger partial charge >= 0.3 is 0 Å². The summed E-state index contributed by atoms with van der Waals surface area (Å²) in [5.41, 5.74) is 4.17. The number of ether oxygens (including phenoxy) is 2. The predicted octanol–water partition coefficient (Wildman–Crippen LogP) is 4.35. The zero-order valence-corrected chi connectivity index (χ0v) is 19.2. The van der Waals surface area contributed by atoms with Crippen molar-refractivity contribution in [3.8, 4) is 16.9 Å². The minimum Gasteiger partial charge on any atom is -0.497 e. The van der Waals surface area contributed by atoms with Crippen LogP contribution in [-0.4, -0.2) is 35.8 Å². The minimum absolute atomic E-state index is 0.0313. The summed E-state index contributed by atoms with van der Waals surface area (Å²) in [6.07, 6.45) is -0.0313. The molecule has 1 aliphatic heterocycles. The summed E-state index contributed by atoms with van der Waals surface area (Å²) < 4.78 is 12.3. The fourth-order valence-electron chi connectivity index (χ4n) is 3.98. The van der Waals surface area contributed by atoms with Gasteiger partial charge in [-0.25, -0.2) is 4.68 Å². The lowest BCUT2D eigenvalue weighted by Gasteiger charge is -2.11. The van der Waals surface area contributed by atoms with E-state index in [1.54, 1.807) is 18.9 Å². The monoisotopic (exact) mass is 448 g/mol. The van der Waals surface area contributed by atoms with Crippen LogP contribution in [0.25, 0.3) is 11.1 Å². The lowest BCUT2D eigenvalue weighted by atomic mass is 10.0. The molecule has 0 bridgehead atoms. The summed E-state index contributed by atoms with van der Waals surface area (Å²) in [6, 6.07) is 14.5. The van der Waals surface area contributed by atoms with Crippen LogP contribution in [-0.2, 0) is 20.9 Å². The third-order valence-corrected chi connectivity index (χ3v) is 5.70. The van der Waals surface area contributed by atoms with E-state index in [1.807, 2.05) is 48.5 Å². The van der Waals surface area contributed by atoms with E-state index in [2.05, 4.69) is 29.6 Å². The zero-order chi connectivity index (χ0) is 23.5. The van der Waals surface area contributed by atoms with E-state index < -0.39 is 6.04 Å². The third kappa shape index (κ3) is 4.61. The van der Waals surface area contributed by atoms with Crippen LogP contribution < -0.4 is 15.4 Å². The van der Waals surface area contributed by atoms with Crippen LogP contribution in [0.2, 0.25) is 0 Å². The predicted molar refractivity (Wildman–Crippen MR) is 126 cm³/mol. The maximum Gasteiger partial charge on any atom is 0.251 e. The van der Waals surface area contributed by atoms with Crippen molar-refractivity contribution < 1.29 is 19.1 Å². The number of carbonyl (C=O) groups excluding carboxylic acids is 2. The number of hydrogen-bond donors (Lipinski definition) is 2. The molecule has 172 valence electrons. The molecular formula is C25H28N4O4. The van der Waals surface area contributed by atoms with Gasteiger partial charge in [-0.05, 0) is 41.3 Å². The van der Waals surface area contributed by atoms with Gasteiger partial charge in [0.05, 0.1) is 31.4 Å². The number of amides is 2. The first kappa shape index (κ1) is 22.5. The van der Waals surface area contributed by atoms with Crippen LogP contribution in [0.5, 0.6) is 5.75 Å². The number of carbonyl (C=O) groups is 2. The van der Waals surface area contributed by atoms with Gasteiger partial charge in [0.25, 0.3) is 5.91 Å². The SMILES string of the molecule is COCc1nn2c(c1-c1cccc(OC)c1)NC(=O)C2CC(=O)Nc1ccc(C(C)C)cc1. The molecule has 33 heavy (non-hydrogen) atoms. The van der Waals surface area contributed by atoms with E-state index in [0.717, 1.165) is 11.1 Å². The van der Waals surface area contributed by atoms with Gasteiger partial charge in [-0.3, -0.25) is 9.59 Å². The number of hydrogen-bond acceptors (Lipinski definition) is 5. The van der Waals surface area contributed by atoms with Gasteiger partial charge in [-0.2, -0.15) is 5.10 Å². The standard InChI is InChI=1S/C25H28N4O4/c1-15(2)16-8-10-18(11-9-16)26-22(30)13-21-25(31)27-24-23(20(14-32-3)28-29(21)24)17-6-5-7-19(12-17)33-4/h5-12,15,21H,13-14H2,1-4H3,(H,26,30)(H,27,31). The van der Waals surface area contributed by atoms with E-state index in [1.165, 1.54) is 5.56 Å². The highest BCUT2D eigenvalue weighted by atomic mass is 16.5.